The van der Waals surface area contributed by atoms with Crippen molar-refractivity contribution in [2.45, 2.75) is 65.3 Å². The zero-order valence-corrected chi connectivity index (χ0v) is 16.3. The second kappa shape index (κ2) is 7.84. The van der Waals surface area contributed by atoms with Gasteiger partial charge in [-0.05, 0) is 44.7 Å². The lowest BCUT2D eigenvalue weighted by Crippen LogP contribution is -2.38. The molecule has 2 aliphatic rings. The predicted molar refractivity (Wildman–Crippen MR) is 101 cm³/mol. The summed E-state index contributed by atoms with van der Waals surface area (Å²) in [7, 11) is 0. The first-order valence-electron chi connectivity index (χ1n) is 10.1. The normalized spacial score (nSPS) is 20.7. The van der Waals surface area contributed by atoms with Crippen molar-refractivity contribution < 1.29 is 9.53 Å². The Morgan fingerprint density at radius 1 is 1.30 bits per heavy atom. The Hall–Kier alpha value is -2.15. The van der Waals surface area contributed by atoms with Crippen molar-refractivity contribution in [1.29, 1.82) is 0 Å². The largest absolute Gasteiger partial charge is 0.374 e. The fourth-order valence-corrected chi connectivity index (χ4v) is 4.25. The molecule has 7 nitrogen and oxygen atoms in total. The zero-order valence-electron chi connectivity index (χ0n) is 16.3. The Labute approximate surface area is 160 Å². The van der Waals surface area contributed by atoms with Crippen molar-refractivity contribution >= 4 is 5.91 Å². The smallest absolute Gasteiger partial charge is 0.272 e. The number of ether oxygens (including phenoxy) is 1. The molecule has 3 heterocycles. The van der Waals surface area contributed by atoms with Crippen LogP contribution in [0.4, 0.5) is 0 Å². The Morgan fingerprint density at radius 2 is 2.11 bits per heavy atom. The van der Waals surface area contributed by atoms with Crippen LogP contribution in [0.2, 0.25) is 0 Å². The van der Waals surface area contributed by atoms with Gasteiger partial charge in [0.15, 0.2) is 0 Å². The van der Waals surface area contributed by atoms with Crippen molar-refractivity contribution in [2.75, 3.05) is 13.2 Å². The number of rotatable bonds is 5. The number of carbonyl (C=O) groups excluding carboxylic acids is 1. The summed E-state index contributed by atoms with van der Waals surface area (Å²) in [6, 6.07) is 3.87. The van der Waals surface area contributed by atoms with Crippen LogP contribution in [-0.4, -0.2) is 49.6 Å². The highest BCUT2D eigenvalue weighted by atomic mass is 16.5. The van der Waals surface area contributed by atoms with Crippen molar-refractivity contribution in [3.8, 4) is 0 Å². The molecule has 0 bridgehead atoms. The minimum Gasteiger partial charge on any atom is -0.374 e. The predicted octanol–water partition coefficient (Wildman–Crippen LogP) is 2.64. The maximum Gasteiger partial charge on any atom is 0.272 e. The third-order valence-corrected chi connectivity index (χ3v) is 5.71. The Balaban J connectivity index is 1.52. The van der Waals surface area contributed by atoms with E-state index in [-0.39, 0.29) is 12.0 Å². The van der Waals surface area contributed by atoms with E-state index in [0.717, 1.165) is 18.0 Å². The minimum absolute atomic E-state index is 0.0153. The van der Waals surface area contributed by atoms with Gasteiger partial charge in [0.1, 0.15) is 5.69 Å². The third-order valence-electron chi connectivity index (χ3n) is 5.71. The number of hydrogen-bond acceptors (Lipinski definition) is 4. The first kappa shape index (κ1) is 18.2. The number of carbonyl (C=O) groups is 1. The van der Waals surface area contributed by atoms with Crippen molar-refractivity contribution in [1.82, 2.24) is 24.5 Å². The molecule has 1 atom stereocenters. The molecule has 1 fully saturated rings. The summed E-state index contributed by atoms with van der Waals surface area (Å²) < 4.78 is 10.0. The van der Waals surface area contributed by atoms with Gasteiger partial charge >= 0.3 is 0 Å². The summed E-state index contributed by atoms with van der Waals surface area (Å²) in [6.07, 6.45) is 6.92. The van der Waals surface area contributed by atoms with Crippen LogP contribution in [0, 0.1) is 12.8 Å². The Kier molecular flexibility index (Phi) is 5.29. The van der Waals surface area contributed by atoms with Crippen LogP contribution in [0.1, 0.15) is 54.5 Å². The summed E-state index contributed by atoms with van der Waals surface area (Å²) in [6.45, 7) is 7.24. The number of hydrogen-bond donors (Lipinski definition) is 0. The molecule has 1 amide bonds. The van der Waals surface area contributed by atoms with Gasteiger partial charge in [-0.1, -0.05) is 12.8 Å². The molecule has 146 valence electrons. The van der Waals surface area contributed by atoms with Gasteiger partial charge in [0, 0.05) is 25.9 Å². The fourth-order valence-electron chi connectivity index (χ4n) is 4.25. The SMILES string of the molecule is CCn1nc(C)cc1C(=O)N1Cc2ccnn2C[C@@H](OCC2CCCC2)C1. The molecule has 0 saturated heterocycles. The molecule has 0 aromatic carbocycles. The summed E-state index contributed by atoms with van der Waals surface area (Å²) in [5, 5.41) is 8.86. The Bertz CT molecular complexity index is 790. The van der Waals surface area contributed by atoms with Crippen molar-refractivity contribution in [3.05, 3.63) is 35.4 Å². The fraction of sp³-hybridized carbons (Fsp3) is 0.650. The van der Waals surface area contributed by atoms with Crippen LogP contribution in [-0.2, 0) is 24.4 Å². The molecule has 0 spiro atoms. The van der Waals surface area contributed by atoms with Gasteiger partial charge in [-0.2, -0.15) is 10.2 Å². The van der Waals surface area contributed by atoms with Gasteiger partial charge in [-0.25, -0.2) is 0 Å². The molecular formula is C20H29N5O2. The van der Waals surface area contributed by atoms with Crippen molar-refractivity contribution in [3.63, 3.8) is 0 Å². The lowest BCUT2D eigenvalue weighted by atomic mass is 10.1. The molecule has 0 N–H and O–H groups in total. The second-order valence-corrected chi connectivity index (χ2v) is 7.78. The lowest BCUT2D eigenvalue weighted by molar-refractivity contribution is 0.00266. The van der Waals surface area contributed by atoms with E-state index in [9.17, 15) is 4.79 Å². The third kappa shape index (κ3) is 3.93. The average Bonchev–Trinajstić information content (AvgIpc) is 3.38. The summed E-state index contributed by atoms with van der Waals surface area (Å²) >= 11 is 0. The van der Waals surface area contributed by atoms with Crippen LogP contribution < -0.4 is 0 Å². The van der Waals surface area contributed by atoms with E-state index in [1.165, 1.54) is 25.7 Å². The van der Waals surface area contributed by atoms with Gasteiger partial charge in [0.25, 0.3) is 5.91 Å². The number of fused-ring (bicyclic) bond motifs is 1. The van der Waals surface area contributed by atoms with E-state index in [2.05, 4.69) is 10.2 Å². The summed E-state index contributed by atoms with van der Waals surface area (Å²) in [5.41, 5.74) is 2.57. The standard InChI is InChI=1S/C20H29N5O2/c1-3-24-19(10-15(2)22-24)20(26)23-11-17-8-9-21-25(17)13-18(12-23)27-14-16-6-4-5-7-16/h8-10,16,18H,3-7,11-14H2,1-2H3/t18-/m0/s1. The molecule has 4 rings (SSSR count). The molecular weight excluding hydrogens is 342 g/mol. The molecule has 0 unspecified atom stereocenters. The van der Waals surface area contributed by atoms with Gasteiger partial charge in [-0.15, -0.1) is 0 Å². The van der Waals surface area contributed by atoms with E-state index in [0.29, 0.717) is 37.8 Å². The maximum absolute atomic E-state index is 13.3. The van der Waals surface area contributed by atoms with Gasteiger partial charge < -0.3 is 9.64 Å². The molecule has 1 aliphatic carbocycles. The molecule has 1 saturated carbocycles. The Morgan fingerprint density at radius 3 is 2.89 bits per heavy atom. The van der Waals surface area contributed by atoms with Crippen LogP contribution in [0.3, 0.4) is 0 Å². The van der Waals surface area contributed by atoms with E-state index < -0.39 is 0 Å². The second-order valence-electron chi connectivity index (χ2n) is 7.78. The molecule has 27 heavy (non-hydrogen) atoms. The molecule has 0 radical (unpaired) electrons. The summed E-state index contributed by atoms with van der Waals surface area (Å²) in [5.74, 6) is 0.681. The van der Waals surface area contributed by atoms with Crippen LogP contribution in [0.25, 0.3) is 0 Å². The maximum atomic E-state index is 13.3. The van der Waals surface area contributed by atoms with E-state index in [1.807, 2.05) is 35.6 Å². The molecule has 2 aromatic rings. The summed E-state index contributed by atoms with van der Waals surface area (Å²) in [4.78, 5) is 15.2. The number of amides is 1. The van der Waals surface area contributed by atoms with Crippen molar-refractivity contribution in [2.24, 2.45) is 5.92 Å². The van der Waals surface area contributed by atoms with Crippen LogP contribution >= 0.6 is 0 Å². The van der Waals surface area contributed by atoms with Gasteiger partial charge in [0.05, 0.1) is 30.6 Å². The highest BCUT2D eigenvalue weighted by Gasteiger charge is 2.29. The quantitative estimate of drug-likeness (QED) is 0.810. The number of aryl methyl sites for hydroxylation is 2. The molecule has 7 heteroatoms. The topological polar surface area (TPSA) is 65.2 Å². The number of aromatic nitrogens is 4. The highest BCUT2D eigenvalue weighted by molar-refractivity contribution is 5.92. The van der Waals surface area contributed by atoms with Gasteiger partial charge in [0.2, 0.25) is 0 Å². The van der Waals surface area contributed by atoms with Crippen LogP contribution in [0.15, 0.2) is 18.3 Å². The zero-order chi connectivity index (χ0) is 18.8. The minimum atomic E-state index is -0.0326. The van der Waals surface area contributed by atoms with E-state index >= 15 is 0 Å². The average molecular weight is 371 g/mol. The van der Waals surface area contributed by atoms with Gasteiger partial charge in [-0.3, -0.25) is 14.2 Å². The van der Waals surface area contributed by atoms with E-state index in [4.69, 9.17) is 4.74 Å². The molecule has 1 aliphatic heterocycles. The first-order valence-corrected chi connectivity index (χ1v) is 10.1. The lowest BCUT2D eigenvalue weighted by Gasteiger charge is -2.25. The molecule has 2 aromatic heterocycles. The van der Waals surface area contributed by atoms with E-state index in [1.54, 1.807) is 10.9 Å². The van der Waals surface area contributed by atoms with Crippen LogP contribution in [0.5, 0.6) is 0 Å². The first-order chi connectivity index (χ1) is 13.1. The highest BCUT2D eigenvalue weighted by Crippen LogP contribution is 2.26. The monoisotopic (exact) mass is 371 g/mol. The number of nitrogens with zero attached hydrogens (tertiary/aromatic N) is 5.